The van der Waals surface area contributed by atoms with Crippen molar-refractivity contribution in [2.24, 2.45) is 0 Å². The van der Waals surface area contributed by atoms with E-state index in [-0.39, 0.29) is 11.8 Å². The molecule has 0 fully saturated rings. The van der Waals surface area contributed by atoms with Gasteiger partial charge in [-0.25, -0.2) is 4.98 Å². The third-order valence-electron chi connectivity index (χ3n) is 5.60. The normalized spacial score (nSPS) is 16.5. The third-order valence-corrected chi connectivity index (χ3v) is 5.60. The van der Waals surface area contributed by atoms with E-state index >= 15 is 0 Å². The summed E-state index contributed by atoms with van der Waals surface area (Å²) < 4.78 is 0. The molecule has 1 aromatic carbocycles. The predicted octanol–water partition coefficient (Wildman–Crippen LogP) is 2.43. The Kier molecular flexibility index (Phi) is 7.95. The van der Waals surface area contributed by atoms with Crippen molar-refractivity contribution in [1.82, 2.24) is 15.6 Å². The molecule has 33 heavy (non-hydrogen) atoms. The van der Waals surface area contributed by atoms with Crippen LogP contribution in [0.5, 0.6) is 0 Å². The van der Waals surface area contributed by atoms with Gasteiger partial charge in [-0.3, -0.25) is 19.3 Å². The lowest BCUT2D eigenvalue weighted by atomic mass is 10.1. The quantitative estimate of drug-likeness (QED) is 0.510. The molecule has 3 atom stereocenters. The Hall–Kier alpha value is -3.52. The molecule has 0 aliphatic carbocycles. The zero-order chi connectivity index (χ0) is 24.0. The maximum atomic E-state index is 13.7. The second-order valence-electron chi connectivity index (χ2n) is 8.08. The molecule has 2 aromatic rings. The van der Waals surface area contributed by atoms with Gasteiger partial charge in [0.25, 0.3) is 5.91 Å². The second-order valence-corrected chi connectivity index (χ2v) is 8.08. The van der Waals surface area contributed by atoms with E-state index in [1.165, 1.54) is 4.90 Å². The molecule has 0 spiro atoms. The van der Waals surface area contributed by atoms with E-state index in [1.54, 1.807) is 31.3 Å². The molecule has 8 nitrogen and oxygen atoms in total. The summed E-state index contributed by atoms with van der Waals surface area (Å²) in [6.45, 7) is 10.1. The van der Waals surface area contributed by atoms with Gasteiger partial charge in [0.05, 0.1) is 6.04 Å². The molecule has 3 rings (SSSR count). The number of rotatable bonds is 9. The van der Waals surface area contributed by atoms with Crippen molar-refractivity contribution in [1.29, 1.82) is 0 Å². The van der Waals surface area contributed by atoms with E-state index in [9.17, 15) is 14.4 Å². The summed E-state index contributed by atoms with van der Waals surface area (Å²) in [7, 11) is 0. The van der Waals surface area contributed by atoms with Crippen molar-refractivity contribution in [3.63, 3.8) is 0 Å². The first kappa shape index (κ1) is 24.1. The van der Waals surface area contributed by atoms with Gasteiger partial charge in [-0.15, -0.1) is 0 Å². The lowest BCUT2D eigenvalue weighted by molar-refractivity contribution is -0.129. The second kappa shape index (κ2) is 10.9. The number of nitrogens with zero attached hydrogens (tertiary/aromatic N) is 2. The smallest absolute Gasteiger partial charge is 0.255 e. The molecule has 0 radical (unpaired) electrons. The number of hydrogen-bond donors (Lipinski definition) is 3. The molecule has 0 bridgehead atoms. The number of fused-ring (bicyclic) bond motifs is 1. The zero-order valence-electron chi connectivity index (χ0n) is 19.3. The monoisotopic (exact) mass is 449 g/mol. The molecule has 1 aliphatic heterocycles. The van der Waals surface area contributed by atoms with Crippen molar-refractivity contribution in [2.45, 2.75) is 51.7 Å². The molecule has 3 amide bonds. The first-order valence-electron chi connectivity index (χ1n) is 11.2. The Morgan fingerprint density at radius 2 is 1.88 bits per heavy atom. The summed E-state index contributed by atoms with van der Waals surface area (Å²) in [6.07, 6.45) is 2.50. The topological polar surface area (TPSA) is 103 Å². The highest BCUT2D eigenvalue weighted by atomic mass is 16.2. The first-order valence-corrected chi connectivity index (χ1v) is 11.2. The number of likely N-dealkylation sites (N-methyl/N-ethyl adjacent to an activating group) is 1. The van der Waals surface area contributed by atoms with Crippen LogP contribution < -0.4 is 20.9 Å². The van der Waals surface area contributed by atoms with Crippen LogP contribution >= 0.6 is 0 Å². The van der Waals surface area contributed by atoms with Crippen LogP contribution in [0, 0.1) is 0 Å². The predicted molar refractivity (Wildman–Crippen MR) is 129 cm³/mol. The molecule has 0 unspecified atom stereocenters. The Morgan fingerprint density at radius 1 is 1.15 bits per heavy atom. The number of carbonyl (C=O) groups is 3. The minimum atomic E-state index is -0.981. The van der Waals surface area contributed by atoms with Gasteiger partial charge in [0.2, 0.25) is 11.8 Å². The number of pyridine rings is 1. The van der Waals surface area contributed by atoms with E-state index in [4.69, 9.17) is 0 Å². The van der Waals surface area contributed by atoms with Crippen molar-refractivity contribution in [3.8, 4) is 0 Å². The van der Waals surface area contributed by atoms with Crippen molar-refractivity contribution >= 4 is 29.2 Å². The maximum Gasteiger partial charge on any atom is 0.255 e. The van der Waals surface area contributed by atoms with Gasteiger partial charge in [0.1, 0.15) is 17.9 Å². The number of para-hydroxylation sites is 1. The highest BCUT2D eigenvalue weighted by Gasteiger charge is 2.42. The summed E-state index contributed by atoms with van der Waals surface area (Å²) in [4.78, 5) is 45.5. The van der Waals surface area contributed by atoms with Crippen molar-refractivity contribution in [2.75, 3.05) is 16.8 Å². The third kappa shape index (κ3) is 5.46. The molecule has 0 saturated carbocycles. The molecule has 174 valence electrons. The van der Waals surface area contributed by atoms with Crippen molar-refractivity contribution in [3.05, 3.63) is 66.4 Å². The minimum Gasteiger partial charge on any atom is -0.339 e. The molecule has 1 aromatic heterocycles. The number of nitrogens with one attached hydrogen (secondary N) is 3. The lowest BCUT2D eigenvalue weighted by Crippen LogP contribution is -2.57. The number of amides is 3. The fraction of sp³-hybridized carbons (Fsp3) is 0.360. The summed E-state index contributed by atoms with van der Waals surface area (Å²) in [5.74, 6) is -0.618. The van der Waals surface area contributed by atoms with Crippen LogP contribution in [0.15, 0.2) is 60.8 Å². The molecular weight excluding hydrogens is 418 g/mol. The van der Waals surface area contributed by atoms with Crippen LogP contribution in [-0.2, 0) is 20.8 Å². The Bertz CT molecular complexity index is 1020. The summed E-state index contributed by atoms with van der Waals surface area (Å²) in [5, 5.41) is 8.81. The number of hydrogen-bond acceptors (Lipinski definition) is 5. The van der Waals surface area contributed by atoms with Crippen LogP contribution in [0.4, 0.5) is 11.5 Å². The van der Waals surface area contributed by atoms with Gasteiger partial charge < -0.3 is 16.0 Å². The molecule has 3 N–H and O–H groups in total. The fourth-order valence-corrected chi connectivity index (χ4v) is 3.92. The SMILES string of the molecule is C=C(C)[C@H](NC(=O)[C@H](CC)NCC)C(=O)N1c2ncccc2C[C@H]1C(=O)Nc1ccccc1. The number of carbonyl (C=O) groups excluding carboxylic acids is 3. The first-order chi connectivity index (χ1) is 15.9. The lowest BCUT2D eigenvalue weighted by Gasteiger charge is -2.29. The highest BCUT2D eigenvalue weighted by Crippen LogP contribution is 2.31. The molecular formula is C25H31N5O3. The summed E-state index contributed by atoms with van der Waals surface area (Å²) in [5.41, 5.74) is 1.91. The zero-order valence-corrected chi connectivity index (χ0v) is 19.3. The van der Waals surface area contributed by atoms with Gasteiger partial charge in [0, 0.05) is 18.3 Å². The fourth-order valence-electron chi connectivity index (χ4n) is 3.92. The number of anilines is 2. The minimum absolute atomic E-state index is 0.286. The van der Waals surface area contributed by atoms with E-state index in [1.807, 2.05) is 38.1 Å². The molecule has 8 heteroatoms. The number of aromatic nitrogens is 1. The van der Waals surface area contributed by atoms with E-state index in [0.717, 1.165) is 5.56 Å². The van der Waals surface area contributed by atoms with Gasteiger partial charge in [-0.2, -0.15) is 0 Å². The van der Waals surface area contributed by atoms with Crippen LogP contribution in [0.1, 0.15) is 32.8 Å². The van der Waals surface area contributed by atoms with E-state index in [2.05, 4.69) is 27.5 Å². The largest absolute Gasteiger partial charge is 0.339 e. The average Bonchev–Trinajstić information content (AvgIpc) is 3.20. The summed E-state index contributed by atoms with van der Waals surface area (Å²) >= 11 is 0. The van der Waals surface area contributed by atoms with Crippen LogP contribution in [0.3, 0.4) is 0 Å². The highest BCUT2D eigenvalue weighted by molar-refractivity contribution is 6.09. The van der Waals surface area contributed by atoms with Gasteiger partial charge in [-0.1, -0.05) is 44.7 Å². The van der Waals surface area contributed by atoms with Gasteiger partial charge >= 0.3 is 0 Å². The van der Waals surface area contributed by atoms with Crippen LogP contribution in [0.25, 0.3) is 0 Å². The standard InChI is InChI=1S/C25H31N5O3/c1-5-19(26-6-2)23(31)29-21(16(3)4)25(33)30-20(15-17-11-10-14-27-22(17)30)24(32)28-18-12-8-7-9-13-18/h7-14,19-21,26H,3,5-6,15H2,1-2,4H3,(H,28,32)(H,29,31)/t19-,20-,21-/m0/s1. The molecule has 1 aliphatic rings. The van der Waals surface area contributed by atoms with E-state index < -0.39 is 24.0 Å². The van der Waals surface area contributed by atoms with Gasteiger partial charge in [0.15, 0.2) is 0 Å². The van der Waals surface area contributed by atoms with Crippen molar-refractivity contribution < 1.29 is 14.4 Å². The van der Waals surface area contributed by atoms with Crippen LogP contribution in [0.2, 0.25) is 0 Å². The Morgan fingerprint density at radius 3 is 2.52 bits per heavy atom. The Labute approximate surface area is 194 Å². The molecule has 0 saturated heterocycles. The number of benzene rings is 1. The molecule has 2 heterocycles. The maximum absolute atomic E-state index is 13.7. The van der Waals surface area contributed by atoms with Crippen LogP contribution in [-0.4, -0.2) is 47.4 Å². The summed E-state index contributed by atoms with van der Waals surface area (Å²) in [6, 6.07) is 10.5. The Balaban J connectivity index is 1.89. The van der Waals surface area contributed by atoms with Gasteiger partial charge in [-0.05, 0) is 49.2 Å². The van der Waals surface area contributed by atoms with E-state index in [0.29, 0.717) is 36.5 Å². The average molecular weight is 450 g/mol.